The number of ether oxygens (including phenoxy) is 1. The fraction of sp³-hybridized carbons (Fsp3) is 0.0909. The summed E-state index contributed by atoms with van der Waals surface area (Å²) < 4.78 is 32.2. The molecule has 32 heavy (non-hydrogen) atoms. The molecule has 1 amide bonds. The van der Waals surface area contributed by atoms with Crippen LogP contribution in [0.25, 0.3) is 0 Å². The highest BCUT2D eigenvalue weighted by atomic mass is 35.5. The molecule has 0 unspecified atom stereocenters. The number of nitrogens with one attached hydrogen (secondary N) is 1. The molecule has 0 atom stereocenters. The Labute approximate surface area is 195 Å². The number of hydrogen-bond acceptors (Lipinski definition) is 5. The number of amides is 1. The van der Waals surface area contributed by atoms with E-state index in [0.717, 1.165) is 4.31 Å². The molecule has 3 aromatic carbocycles. The van der Waals surface area contributed by atoms with Crippen molar-refractivity contribution in [1.29, 1.82) is 0 Å². The summed E-state index contributed by atoms with van der Waals surface area (Å²) in [6, 6.07) is 18.2. The maximum absolute atomic E-state index is 13.3. The van der Waals surface area contributed by atoms with Crippen LogP contribution in [-0.2, 0) is 19.6 Å². The van der Waals surface area contributed by atoms with Crippen molar-refractivity contribution in [3.05, 3.63) is 88.4 Å². The van der Waals surface area contributed by atoms with Gasteiger partial charge in [-0.2, -0.15) is 0 Å². The van der Waals surface area contributed by atoms with E-state index in [9.17, 15) is 18.0 Å². The summed E-state index contributed by atoms with van der Waals surface area (Å²) in [4.78, 5) is 24.6. The van der Waals surface area contributed by atoms with Crippen LogP contribution < -0.4 is 9.62 Å². The number of methoxy groups -OCH3 is 1. The van der Waals surface area contributed by atoms with Gasteiger partial charge in [-0.05, 0) is 54.6 Å². The molecule has 166 valence electrons. The number of carbonyl (C=O) groups is 2. The van der Waals surface area contributed by atoms with Gasteiger partial charge in [-0.3, -0.25) is 9.10 Å². The highest BCUT2D eigenvalue weighted by Gasteiger charge is 2.27. The fourth-order valence-corrected chi connectivity index (χ4v) is 4.59. The molecule has 0 saturated heterocycles. The highest BCUT2D eigenvalue weighted by Crippen LogP contribution is 2.25. The Morgan fingerprint density at radius 3 is 2.25 bits per heavy atom. The monoisotopic (exact) mass is 492 g/mol. The van der Waals surface area contributed by atoms with E-state index in [4.69, 9.17) is 23.2 Å². The van der Waals surface area contributed by atoms with Gasteiger partial charge in [-0.15, -0.1) is 0 Å². The Hall–Kier alpha value is -3.07. The van der Waals surface area contributed by atoms with Gasteiger partial charge < -0.3 is 10.1 Å². The Balaban J connectivity index is 1.90. The second kappa shape index (κ2) is 10.0. The van der Waals surface area contributed by atoms with Gasteiger partial charge >= 0.3 is 5.97 Å². The second-order valence-corrected chi connectivity index (χ2v) is 9.24. The molecule has 0 heterocycles. The molecule has 3 aromatic rings. The minimum absolute atomic E-state index is 0.0157. The SMILES string of the molecule is COC(=O)c1cc(NC(=O)CN(c2ccccc2)S(=O)(=O)c2ccc(Cl)cc2)ccc1Cl. The van der Waals surface area contributed by atoms with E-state index in [-0.39, 0.29) is 21.2 Å². The second-order valence-electron chi connectivity index (χ2n) is 6.54. The van der Waals surface area contributed by atoms with E-state index in [1.165, 1.54) is 49.6 Å². The van der Waals surface area contributed by atoms with E-state index in [0.29, 0.717) is 10.7 Å². The van der Waals surface area contributed by atoms with Crippen molar-refractivity contribution in [3.63, 3.8) is 0 Å². The molecule has 0 aliphatic carbocycles. The van der Waals surface area contributed by atoms with Gasteiger partial charge in [0.05, 0.1) is 28.3 Å². The quantitative estimate of drug-likeness (QED) is 0.485. The van der Waals surface area contributed by atoms with Crippen LogP contribution in [0, 0.1) is 0 Å². The maximum atomic E-state index is 13.3. The van der Waals surface area contributed by atoms with Crippen LogP contribution in [0.1, 0.15) is 10.4 Å². The summed E-state index contributed by atoms with van der Waals surface area (Å²) in [6.45, 7) is -0.509. The lowest BCUT2D eigenvalue weighted by molar-refractivity contribution is -0.114. The normalized spacial score (nSPS) is 11.0. The Morgan fingerprint density at radius 1 is 0.969 bits per heavy atom. The largest absolute Gasteiger partial charge is 0.465 e. The fourth-order valence-electron chi connectivity index (χ4n) is 2.84. The number of rotatable bonds is 7. The number of anilines is 2. The third-order valence-electron chi connectivity index (χ3n) is 4.39. The summed E-state index contributed by atoms with van der Waals surface area (Å²) >= 11 is 11.9. The minimum atomic E-state index is -4.07. The van der Waals surface area contributed by atoms with Gasteiger partial charge in [0.25, 0.3) is 10.0 Å². The number of hydrogen-bond donors (Lipinski definition) is 1. The van der Waals surface area contributed by atoms with Gasteiger partial charge in [-0.25, -0.2) is 13.2 Å². The number of benzene rings is 3. The van der Waals surface area contributed by atoms with Crippen molar-refractivity contribution in [3.8, 4) is 0 Å². The van der Waals surface area contributed by atoms with E-state index >= 15 is 0 Å². The van der Waals surface area contributed by atoms with Crippen molar-refractivity contribution in [2.45, 2.75) is 4.90 Å². The smallest absolute Gasteiger partial charge is 0.339 e. The summed E-state index contributed by atoms with van der Waals surface area (Å²) in [5, 5.41) is 3.13. The lowest BCUT2D eigenvalue weighted by Gasteiger charge is -2.24. The molecule has 1 N–H and O–H groups in total. The third-order valence-corrected chi connectivity index (χ3v) is 6.76. The molecular formula is C22H18Cl2N2O5S. The van der Waals surface area contributed by atoms with E-state index in [1.54, 1.807) is 30.3 Å². The van der Waals surface area contributed by atoms with Crippen LogP contribution in [0.15, 0.2) is 77.7 Å². The molecule has 0 fully saturated rings. The first-order chi connectivity index (χ1) is 15.2. The van der Waals surface area contributed by atoms with Gasteiger partial charge in [0.2, 0.25) is 5.91 Å². The van der Waals surface area contributed by atoms with Crippen LogP contribution in [0.3, 0.4) is 0 Å². The lowest BCUT2D eigenvalue weighted by Crippen LogP contribution is -2.38. The zero-order valence-electron chi connectivity index (χ0n) is 16.8. The third kappa shape index (κ3) is 5.40. The summed E-state index contributed by atoms with van der Waals surface area (Å²) in [7, 11) is -2.86. The number of nitrogens with zero attached hydrogens (tertiary/aromatic N) is 1. The first kappa shape index (κ1) is 23.6. The van der Waals surface area contributed by atoms with Crippen LogP contribution in [0.5, 0.6) is 0 Å². The molecule has 7 nitrogen and oxygen atoms in total. The van der Waals surface area contributed by atoms with Crippen molar-refractivity contribution in [2.24, 2.45) is 0 Å². The standard InChI is InChI=1S/C22H18Cl2N2O5S/c1-31-22(28)19-13-16(9-12-20(19)24)25-21(27)14-26(17-5-3-2-4-6-17)32(29,30)18-10-7-15(23)8-11-18/h2-13H,14H2,1H3,(H,25,27). The van der Waals surface area contributed by atoms with Crippen molar-refractivity contribution >= 4 is 56.5 Å². The average Bonchev–Trinajstić information content (AvgIpc) is 2.79. The molecule has 0 bridgehead atoms. The molecule has 0 aromatic heterocycles. The van der Waals surface area contributed by atoms with E-state index in [2.05, 4.69) is 10.1 Å². The number of sulfonamides is 1. The minimum Gasteiger partial charge on any atom is -0.465 e. The molecule has 0 radical (unpaired) electrons. The number of esters is 1. The Bertz CT molecular complexity index is 1230. The van der Waals surface area contributed by atoms with E-state index in [1.807, 2.05) is 0 Å². The molecule has 0 aliphatic heterocycles. The zero-order valence-corrected chi connectivity index (χ0v) is 19.1. The Morgan fingerprint density at radius 2 is 1.62 bits per heavy atom. The first-order valence-electron chi connectivity index (χ1n) is 9.23. The number of para-hydroxylation sites is 1. The predicted octanol–water partition coefficient (Wildman–Crippen LogP) is 4.61. The molecule has 0 saturated carbocycles. The van der Waals surface area contributed by atoms with Crippen molar-refractivity contribution in [1.82, 2.24) is 0 Å². The lowest BCUT2D eigenvalue weighted by atomic mass is 10.2. The molecular weight excluding hydrogens is 475 g/mol. The van der Waals surface area contributed by atoms with Crippen LogP contribution in [0.4, 0.5) is 11.4 Å². The van der Waals surface area contributed by atoms with Crippen LogP contribution >= 0.6 is 23.2 Å². The topological polar surface area (TPSA) is 92.8 Å². The summed E-state index contributed by atoms with van der Waals surface area (Å²) in [5.41, 5.74) is 0.640. The van der Waals surface area contributed by atoms with Gasteiger partial charge in [-0.1, -0.05) is 41.4 Å². The van der Waals surface area contributed by atoms with Crippen LogP contribution in [-0.4, -0.2) is 33.9 Å². The molecule has 10 heteroatoms. The Kier molecular flexibility index (Phi) is 7.40. The van der Waals surface area contributed by atoms with Gasteiger partial charge in [0, 0.05) is 10.7 Å². The number of carbonyl (C=O) groups excluding carboxylic acids is 2. The summed E-state index contributed by atoms with van der Waals surface area (Å²) in [6.07, 6.45) is 0. The number of halogens is 2. The zero-order chi connectivity index (χ0) is 23.3. The van der Waals surface area contributed by atoms with Gasteiger partial charge in [0.15, 0.2) is 0 Å². The maximum Gasteiger partial charge on any atom is 0.339 e. The van der Waals surface area contributed by atoms with E-state index < -0.39 is 28.4 Å². The van der Waals surface area contributed by atoms with Crippen molar-refractivity contribution < 1.29 is 22.7 Å². The highest BCUT2D eigenvalue weighted by molar-refractivity contribution is 7.92. The van der Waals surface area contributed by atoms with Crippen molar-refractivity contribution in [2.75, 3.05) is 23.3 Å². The van der Waals surface area contributed by atoms with Crippen LogP contribution in [0.2, 0.25) is 10.0 Å². The molecule has 3 rings (SSSR count). The molecule has 0 aliphatic rings. The average molecular weight is 493 g/mol. The summed E-state index contributed by atoms with van der Waals surface area (Å²) in [5.74, 6) is -1.29. The first-order valence-corrected chi connectivity index (χ1v) is 11.4. The molecule has 0 spiro atoms. The predicted molar refractivity (Wildman–Crippen MR) is 124 cm³/mol. The van der Waals surface area contributed by atoms with Gasteiger partial charge in [0.1, 0.15) is 6.54 Å².